The van der Waals surface area contributed by atoms with Gasteiger partial charge in [0.15, 0.2) is 0 Å². The van der Waals surface area contributed by atoms with Crippen molar-refractivity contribution in [2.45, 2.75) is 17.8 Å². The van der Waals surface area contributed by atoms with Crippen LogP contribution in [0.3, 0.4) is 0 Å². The second-order valence-corrected chi connectivity index (χ2v) is 12.6. The van der Waals surface area contributed by atoms with Crippen LogP contribution in [-0.4, -0.2) is 0 Å². The summed E-state index contributed by atoms with van der Waals surface area (Å²) in [5.41, 5.74) is 27.0. The normalized spacial score (nSPS) is 22.5. The molecule has 0 N–H and O–H groups in total. The molecule has 0 aliphatic heterocycles. The molecule has 6 aliphatic rings. The molecule has 182 valence electrons. The van der Waals surface area contributed by atoms with Crippen LogP contribution in [-0.2, 0) is 0 Å². The van der Waals surface area contributed by atoms with E-state index in [4.69, 9.17) is 0 Å². The summed E-state index contributed by atoms with van der Waals surface area (Å²) in [7, 11) is 0. The number of hydrogen-bond donors (Lipinski definition) is 0. The van der Waals surface area contributed by atoms with E-state index in [0.29, 0.717) is 23.7 Å². The molecule has 0 aromatic heterocycles. The highest BCUT2D eigenvalue weighted by atomic mass is 14.6. The van der Waals surface area contributed by atoms with Crippen molar-refractivity contribution in [1.82, 2.24) is 0 Å². The summed E-state index contributed by atoms with van der Waals surface area (Å²) in [5.74, 6) is 1.89. The SMILES string of the molecule is c1ccc2c(c1)-c1ccc3c4c1C1c5c-2ccc2c5C5c6c(ccc(c6C4C15)-c1ccccc1-3)-c1ccccc1-2. The molecule has 6 aromatic rings. The van der Waals surface area contributed by atoms with Gasteiger partial charge in [-0.15, -0.1) is 0 Å². The molecule has 0 radical (unpaired) electrons. The van der Waals surface area contributed by atoms with Crippen molar-refractivity contribution >= 4 is 0 Å². The first kappa shape index (κ1) is 19.4. The second-order valence-electron chi connectivity index (χ2n) is 12.6. The second kappa shape index (κ2) is 6.06. The van der Waals surface area contributed by atoms with Gasteiger partial charge in [-0.2, -0.15) is 0 Å². The van der Waals surface area contributed by atoms with E-state index in [1.807, 2.05) is 0 Å². The lowest BCUT2D eigenvalue weighted by Gasteiger charge is -2.19. The fraction of sp³-hybridized carbons (Fsp3) is 0.100. The third-order valence-electron chi connectivity index (χ3n) is 11.4. The Hall–Kier alpha value is -4.68. The summed E-state index contributed by atoms with van der Waals surface area (Å²) < 4.78 is 0. The van der Waals surface area contributed by atoms with E-state index in [1.54, 1.807) is 33.4 Å². The first-order valence-corrected chi connectivity index (χ1v) is 14.7. The number of fused-ring (bicyclic) bond motifs is 9. The summed E-state index contributed by atoms with van der Waals surface area (Å²) in [6, 6.07) is 42.4. The molecule has 0 heterocycles. The van der Waals surface area contributed by atoms with Crippen LogP contribution in [0.15, 0.2) is 109 Å². The predicted octanol–water partition coefficient (Wildman–Crippen LogP) is 9.98. The molecule has 40 heavy (non-hydrogen) atoms. The zero-order chi connectivity index (χ0) is 25.4. The maximum Gasteiger partial charge on any atom is 0.0154 e. The molecule has 6 aromatic carbocycles. The van der Waals surface area contributed by atoms with Gasteiger partial charge in [0.2, 0.25) is 0 Å². The smallest absolute Gasteiger partial charge is 0.0154 e. The van der Waals surface area contributed by atoms with Gasteiger partial charge >= 0.3 is 0 Å². The largest absolute Gasteiger partial charge is 0.0616 e. The van der Waals surface area contributed by atoms with Crippen molar-refractivity contribution in [3.63, 3.8) is 0 Å². The first-order chi connectivity index (χ1) is 19.9. The van der Waals surface area contributed by atoms with Crippen LogP contribution in [0.4, 0.5) is 0 Å². The molecule has 0 bridgehead atoms. The zero-order valence-corrected chi connectivity index (χ0v) is 21.7. The Bertz CT molecular complexity index is 1840. The summed E-state index contributed by atoms with van der Waals surface area (Å²) in [6.07, 6.45) is 0. The van der Waals surface area contributed by atoms with E-state index < -0.39 is 0 Å². The van der Waals surface area contributed by atoms with Gasteiger partial charge in [0, 0.05) is 17.8 Å². The lowest BCUT2D eigenvalue weighted by molar-refractivity contribution is 0.488. The minimum Gasteiger partial charge on any atom is -0.0616 e. The van der Waals surface area contributed by atoms with E-state index >= 15 is 0 Å². The monoisotopic (exact) mass is 502 g/mol. The molecule has 0 spiro atoms. The molecule has 0 unspecified atom stereocenters. The van der Waals surface area contributed by atoms with E-state index in [9.17, 15) is 0 Å². The minimum atomic E-state index is 0.445. The molecule has 0 fully saturated rings. The maximum atomic E-state index is 2.47. The van der Waals surface area contributed by atoms with E-state index in [0.717, 1.165) is 0 Å². The maximum absolute atomic E-state index is 2.47. The molecular weight excluding hydrogens is 480 g/mol. The lowest BCUT2D eigenvalue weighted by Crippen LogP contribution is -2.08. The Labute approximate surface area is 232 Å². The van der Waals surface area contributed by atoms with Gasteiger partial charge in [-0.25, -0.2) is 0 Å². The summed E-state index contributed by atoms with van der Waals surface area (Å²) in [4.78, 5) is 0. The Morgan fingerprint density at radius 2 is 0.425 bits per heavy atom. The molecule has 0 nitrogen and oxygen atoms in total. The zero-order valence-electron chi connectivity index (χ0n) is 21.7. The van der Waals surface area contributed by atoms with Gasteiger partial charge < -0.3 is 0 Å². The third kappa shape index (κ3) is 1.79. The Morgan fingerprint density at radius 3 is 0.625 bits per heavy atom. The summed E-state index contributed by atoms with van der Waals surface area (Å²) in [6.45, 7) is 0. The van der Waals surface area contributed by atoms with Crippen LogP contribution in [0.2, 0.25) is 0 Å². The van der Waals surface area contributed by atoms with E-state index in [2.05, 4.69) is 109 Å². The van der Waals surface area contributed by atoms with Crippen LogP contribution >= 0.6 is 0 Å². The average molecular weight is 503 g/mol. The molecule has 0 saturated carbocycles. The third-order valence-corrected chi connectivity index (χ3v) is 11.4. The molecule has 0 saturated heterocycles. The highest BCUT2D eigenvalue weighted by Gasteiger charge is 2.62. The van der Waals surface area contributed by atoms with Crippen molar-refractivity contribution in [3.05, 3.63) is 143 Å². The lowest BCUT2D eigenvalue weighted by atomic mass is 9.84. The summed E-state index contributed by atoms with van der Waals surface area (Å²) in [5, 5.41) is 0. The van der Waals surface area contributed by atoms with Crippen LogP contribution in [0, 0.1) is 5.92 Å². The van der Waals surface area contributed by atoms with Crippen molar-refractivity contribution in [2.75, 3.05) is 0 Å². The number of benzene rings is 6. The Balaban J connectivity index is 1.41. The highest BCUT2D eigenvalue weighted by Crippen LogP contribution is 2.77. The van der Waals surface area contributed by atoms with E-state index in [-0.39, 0.29) is 0 Å². The topological polar surface area (TPSA) is 0 Å². The Morgan fingerprint density at radius 1 is 0.225 bits per heavy atom. The van der Waals surface area contributed by atoms with Gasteiger partial charge in [-0.05, 0) is 106 Å². The number of hydrogen-bond acceptors (Lipinski definition) is 0. The minimum absolute atomic E-state index is 0.445. The van der Waals surface area contributed by atoms with Gasteiger partial charge in [0.25, 0.3) is 0 Å². The van der Waals surface area contributed by atoms with Crippen molar-refractivity contribution in [2.24, 2.45) is 5.92 Å². The Kier molecular flexibility index (Phi) is 2.94. The van der Waals surface area contributed by atoms with Gasteiger partial charge in [-0.1, -0.05) is 109 Å². The molecule has 0 atom stereocenters. The first-order valence-electron chi connectivity index (χ1n) is 14.7. The van der Waals surface area contributed by atoms with Crippen molar-refractivity contribution < 1.29 is 0 Å². The van der Waals surface area contributed by atoms with Crippen molar-refractivity contribution in [3.8, 4) is 66.8 Å². The van der Waals surface area contributed by atoms with Crippen LogP contribution in [0.1, 0.15) is 51.1 Å². The molecule has 12 rings (SSSR count). The fourth-order valence-corrected chi connectivity index (χ4v) is 10.4. The number of rotatable bonds is 0. The quantitative estimate of drug-likeness (QED) is 0.194. The van der Waals surface area contributed by atoms with Gasteiger partial charge in [-0.3, -0.25) is 0 Å². The predicted molar refractivity (Wildman–Crippen MR) is 162 cm³/mol. The highest BCUT2D eigenvalue weighted by molar-refractivity contribution is 6.03. The molecule has 6 aliphatic carbocycles. The standard InChI is InChI=1S/C40H22/c1-2-8-20-19(7-1)25-13-14-27-21-9-3-4-10-22(21)29-17-18-30-24-12-6-5-11-23(24)28-16-15-26(20)32-34(28)39-36(30)35(29)38-33(27)31(25)37(32)40(38)39/h1-18,37-40H. The molecule has 0 heteroatoms. The average Bonchev–Trinajstić information content (AvgIpc) is 3.56. The summed E-state index contributed by atoms with van der Waals surface area (Å²) >= 11 is 0. The van der Waals surface area contributed by atoms with Crippen LogP contribution < -0.4 is 0 Å². The fourth-order valence-electron chi connectivity index (χ4n) is 10.4. The molecular formula is C40H22. The molecule has 0 amide bonds. The van der Waals surface area contributed by atoms with Crippen LogP contribution in [0.5, 0.6) is 0 Å². The van der Waals surface area contributed by atoms with Crippen molar-refractivity contribution in [1.29, 1.82) is 0 Å². The van der Waals surface area contributed by atoms with E-state index in [1.165, 1.54) is 66.8 Å². The van der Waals surface area contributed by atoms with Gasteiger partial charge in [0.1, 0.15) is 0 Å². The van der Waals surface area contributed by atoms with Crippen LogP contribution in [0.25, 0.3) is 66.8 Å². The van der Waals surface area contributed by atoms with Gasteiger partial charge in [0.05, 0.1) is 0 Å².